The molecule has 17 heavy (non-hydrogen) atoms. The summed E-state index contributed by atoms with van der Waals surface area (Å²) in [7, 11) is 0. The van der Waals surface area contributed by atoms with Gasteiger partial charge in [-0.3, -0.25) is 0 Å². The molecule has 7 heteroatoms. The molecule has 0 saturated carbocycles. The predicted octanol–water partition coefficient (Wildman–Crippen LogP) is 2.11. The van der Waals surface area contributed by atoms with Crippen LogP contribution >= 0.6 is 0 Å². The van der Waals surface area contributed by atoms with Gasteiger partial charge < -0.3 is 9.64 Å². The summed E-state index contributed by atoms with van der Waals surface area (Å²) in [5.74, 6) is 0. The van der Waals surface area contributed by atoms with Gasteiger partial charge in [0.15, 0.2) is 0 Å². The van der Waals surface area contributed by atoms with Gasteiger partial charge in [-0.05, 0) is 27.2 Å². The molecule has 1 heterocycles. The number of alkyl halides is 3. The summed E-state index contributed by atoms with van der Waals surface area (Å²) in [5, 5.41) is 1.52. The maximum atomic E-state index is 12.1. The Morgan fingerprint density at radius 2 is 1.94 bits per heavy atom. The summed E-state index contributed by atoms with van der Waals surface area (Å²) in [4.78, 5) is 12.9. The highest BCUT2D eigenvalue weighted by atomic mass is 19.4. The lowest BCUT2D eigenvalue weighted by atomic mass is 10.2. The molecule has 0 radical (unpaired) electrons. The number of nitrogens with zero attached hydrogens (tertiary/aromatic N) is 1. The van der Waals surface area contributed by atoms with Crippen LogP contribution in [0.15, 0.2) is 0 Å². The van der Waals surface area contributed by atoms with Crippen LogP contribution in [0.25, 0.3) is 0 Å². The van der Waals surface area contributed by atoms with E-state index < -0.39 is 24.0 Å². The van der Waals surface area contributed by atoms with Crippen LogP contribution in [0.2, 0.25) is 0 Å². The molecule has 0 aliphatic carbocycles. The largest absolute Gasteiger partial charge is 0.457 e. The van der Waals surface area contributed by atoms with E-state index in [1.807, 2.05) is 0 Å². The van der Waals surface area contributed by atoms with Crippen molar-refractivity contribution in [2.24, 2.45) is 0 Å². The molecule has 0 unspecified atom stereocenters. The summed E-state index contributed by atoms with van der Waals surface area (Å²) in [6.07, 6.45) is -4.70. The SMILES string of the molecule is CC(C)(C)OC(=O)N1CC[C@H](NC(F)(F)F)C1. The van der Waals surface area contributed by atoms with E-state index in [0.29, 0.717) is 0 Å². The second kappa shape index (κ2) is 4.72. The lowest BCUT2D eigenvalue weighted by Gasteiger charge is -2.24. The molecule has 1 N–H and O–H groups in total. The number of hydrogen-bond donors (Lipinski definition) is 1. The van der Waals surface area contributed by atoms with Crippen molar-refractivity contribution in [2.75, 3.05) is 13.1 Å². The first-order valence-corrected chi connectivity index (χ1v) is 5.39. The maximum absolute atomic E-state index is 12.1. The first-order chi connectivity index (χ1) is 7.57. The van der Waals surface area contributed by atoms with E-state index >= 15 is 0 Å². The van der Waals surface area contributed by atoms with Crippen molar-refractivity contribution >= 4 is 6.09 Å². The van der Waals surface area contributed by atoms with Crippen molar-refractivity contribution in [3.63, 3.8) is 0 Å². The van der Waals surface area contributed by atoms with Crippen LogP contribution in [-0.2, 0) is 4.74 Å². The molecule has 100 valence electrons. The van der Waals surface area contributed by atoms with Crippen molar-refractivity contribution in [3.8, 4) is 0 Å². The number of nitrogens with one attached hydrogen (secondary N) is 1. The number of hydrogen-bond acceptors (Lipinski definition) is 3. The van der Waals surface area contributed by atoms with Crippen LogP contribution in [-0.4, -0.2) is 42.0 Å². The fraction of sp³-hybridized carbons (Fsp3) is 0.900. The molecule has 0 aromatic heterocycles. The van der Waals surface area contributed by atoms with Crippen molar-refractivity contribution in [1.29, 1.82) is 0 Å². The highest BCUT2D eigenvalue weighted by Crippen LogP contribution is 2.19. The first-order valence-electron chi connectivity index (χ1n) is 5.39. The lowest BCUT2D eigenvalue weighted by Crippen LogP contribution is -2.43. The van der Waals surface area contributed by atoms with Crippen LogP contribution in [0.5, 0.6) is 0 Å². The Labute approximate surface area is 98.1 Å². The third-order valence-corrected chi connectivity index (χ3v) is 2.21. The van der Waals surface area contributed by atoms with Gasteiger partial charge in [0.1, 0.15) is 5.60 Å². The molecule has 0 spiro atoms. The van der Waals surface area contributed by atoms with Gasteiger partial charge in [0.05, 0.1) is 0 Å². The van der Waals surface area contributed by atoms with E-state index in [-0.39, 0.29) is 19.5 Å². The fourth-order valence-corrected chi connectivity index (χ4v) is 1.60. The zero-order chi connectivity index (χ0) is 13.3. The summed E-state index contributed by atoms with van der Waals surface area (Å²) >= 11 is 0. The van der Waals surface area contributed by atoms with E-state index in [2.05, 4.69) is 0 Å². The number of likely N-dealkylation sites (tertiary alicyclic amines) is 1. The quantitative estimate of drug-likeness (QED) is 0.729. The number of rotatable bonds is 1. The Kier molecular flexibility index (Phi) is 3.91. The number of ether oxygens (including phenoxy) is 1. The molecular weight excluding hydrogens is 237 g/mol. The Balaban J connectivity index is 2.43. The Morgan fingerprint density at radius 3 is 2.41 bits per heavy atom. The number of carbonyl (C=O) groups is 1. The van der Waals surface area contributed by atoms with Crippen LogP contribution in [0, 0.1) is 0 Å². The summed E-state index contributed by atoms with van der Waals surface area (Å²) < 4.78 is 41.3. The zero-order valence-corrected chi connectivity index (χ0v) is 10.1. The van der Waals surface area contributed by atoms with Crippen molar-refractivity contribution in [3.05, 3.63) is 0 Å². The van der Waals surface area contributed by atoms with Gasteiger partial charge in [0.25, 0.3) is 0 Å². The Morgan fingerprint density at radius 1 is 1.35 bits per heavy atom. The molecule has 1 fully saturated rings. The maximum Gasteiger partial charge on any atom is 0.457 e. The number of carbonyl (C=O) groups excluding carboxylic acids is 1. The molecule has 1 aliphatic rings. The molecule has 1 rings (SSSR count). The average Bonchev–Trinajstić information content (AvgIpc) is 2.45. The van der Waals surface area contributed by atoms with Crippen molar-refractivity contribution in [1.82, 2.24) is 10.2 Å². The minimum absolute atomic E-state index is 0.0222. The first kappa shape index (κ1) is 14.1. The van der Waals surface area contributed by atoms with Gasteiger partial charge in [-0.15, -0.1) is 0 Å². The minimum atomic E-state index is -4.41. The second-order valence-electron chi connectivity index (χ2n) is 5.05. The topological polar surface area (TPSA) is 41.6 Å². The fourth-order valence-electron chi connectivity index (χ4n) is 1.60. The Hall–Kier alpha value is -0.980. The van der Waals surface area contributed by atoms with Gasteiger partial charge >= 0.3 is 12.4 Å². The average molecular weight is 254 g/mol. The van der Waals surface area contributed by atoms with Crippen LogP contribution in [0.4, 0.5) is 18.0 Å². The van der Waals surface area contributed by atoms with Gasteiger partial charge in [-0.2, -0.15) is 13.2 Å². The smallest absolute Gasteiger partial charge is 0.444 e. The summed E-state index contributed by atoms with van der Waals surface area (Å²) in [6, 6.07) is -0.748. The van der Waals surface area contributed by atoms with Gasteiger partial charge in [-0.1, -0.05) is 0 Å². The molecule has 1 atom stereocenters. The molecule has 0 bridgehead atoms. The summed E-state index contributed by atoms with van der Waals surface area (Å²) in [6.45, 7) is 5.45. The summed E-state index contributed by atoms with van der Waals surface area (Å²) in [5.41, 5.74) is -0.632. The van der Waals surface area contributed by atoms with Gasteiger partial charge in [0.2, 0.25) is 0 Å². The Bertz CT molecular complexity index is 286. The molecule has 0 aromatic carbocycles. The molecule has 4 nitrogen and oxygen atoms in total. The highest BCUT2D eigenvalue weighted by molar-refractivity contribution is 5.68. The molecule has 1 amide bonds. The van der Waals surface area contributed by atoms with Crippen LogP contribution in [0.1, 0.15) is 27.2 Å². The minimum Gasteiger partial charge on any atom is -0.444 e. The molecule has 0 aromatic rings. The number of amides is 1. The molecule has 1 aliphatic heterocycles. The van der Waals surface area contributed by atoms with Gasteiger partial charge in [0, 0.05) is 19.1 Å². The zero-order valence-electron chi connectivity index (χ0n) is 10.1. The normalized spacial score (nSPS) is 21.8. The third-order valence-electron chi connectivity index (χ3n) is 2.21. The third kappa shape index (κ3) is 5.25. The van der Waals surface area contributed by atoms with E-state index in [9.17, 15) is 18.0 Å². The highest BCUT2D eigenvalue weighted by Gasteiger charge is 2.36. The van der Waals surface area contributed by atoms with Crippen LogP contribution < -0.4 is 5.32 Å². The van der Waals surface area contributed by atoms with Gasteiger partial charge in [-0.25, -0.2) is 10.1 Å². The lowest BCUT2D eigenvalue weighted by molar-refractivity contribution is -0.163. The predicted molar refractivity (Wildman–Crippen MR) is 55.4 cm³/mol. The van der Waals surface area contributed by atoms with Crippen molar-refractivity contribution < 1.29 is 22.7 Å². The standard InChI is InChI=1S/C10H17F3N2O2/c1-9(2,3)17-8(16)15-5-4-7(6-15)14-10(11,12)13/h7,14H,4-6H2,1-3H3/t7-/m0/s1. The van der Waals surface area contributed by atoms with Crippen molar-refractivity contribution in [2.45, 2.75) is 45.1 Å². The monoisotopic (exact) mass is 254 g/mol. The molecular formula is C10H17F3N2O2. The second-order valence-corrected chi connectivity index (χ2v) is 5.05. The van der Waals surface area contributed by atoms with E-state index in [1.54, 1.807) is 20.8 Å². The molecule has 1 saturated heterocycles. The number of halogens is 3. The van der Waals surface area contributed by atoms with Crippen LogP contribution in [0.3, 0.4) is 0 Å². The van der Waals surface area contributed by atoms with E-state index in [0.717, 1.165) is 0 Å². The van der Waals surface area contributed by atoms with E-state index in [1.165, 1.54) is 10.2 Å². The van der Waals surface area contributed by atoms with E-state index in [4.69, 9.17) is 4.74 Å².